The number of halogens is 2. The molecule has 1 N–H and O–H groups in total. The van der Waals surface area contributed by atoms with Crippen molar-refractivity contribution in [3.63, 3.8) is 0 Å². The van der Waals surface area contributed by atoms with E-state index in [9.17, 15) is 13.6 Å². The van der Waals surface area contributed by atoms with Gasteiger partial charge >= 0.3 is 6.03 Å². The quantitative estimate of drug-likeness (QED) is 0.681. The fraction of sp³-hybridized carbons (Fsp3) is 0.286. The van der Waals surface area contributed by atoms with Gasteiger partial charge in [-0.05, 0) is 42.7 Å². The lowest BCUT2D eigenvalue weighted by Gasteiger charge is -2.22. The second-order valence-electron chi connectivity index (χ2n) is 6.94. The zero-order valence-electron chi connectivity index (χ0n) is 16.3. The van der Waals surface area contributed by atoms with Gasteiger partial charge in [0.25, 0.3) is 0 Å². The maximum Gasteiger partial charge on any atom is 0.318 e. The predicted molar refractivity (Wildman–Crippen MR) is 104 cm³/mol. The monoisotopic (exact) mass is 414 g/mol. The van der Waals surface area contributed by atoms with Gasteiger partial charge in [0.1, 0.15) is 23.4 Å². The van der Waals surface area contributed by atoms with Crippen LogP contribution in [0.1, 0.15) is 30.3 Å². The van der Waals surface area contributed by atoms with Crippen LogP contribution in [0.15, 0.2) is 47.0 Å². The molecule has 2 aromatic carbocycles. The molecule has 1 saturated heterocycles. The Bertz CT molecular complexity index is 1060. The van der Waals surface area contributed by atoms with Gasteiger partial charge in [-0.15, -0.1) is 0 Å². The maximum atomic E-state index is 14.0. The third-order valence-corrected chi connectivity index (χ3v) is 4.99. The summed E-state index contributed by atoms with van der Waals surface area (Å²) in [4.78, 5) is 18.6. The van der Waals surface area contributed by atoms with Crippen LogP contribution in [0.4, 0.5) is 13.6 Å². The zero-order chi connectivity index (χ0) is 21.1. The van der Waals surface area contributed by atoms with Crippen molar-refractivity contribution in [3.8, 4) is 17.1 Å². The average Bonchev–Trinajstić information content (AvgIpc) is 3.41. The maximum absolute atomic E-state index is 14.0. The predicted octanol–water partition coefficient (Wildman–Crippen LogP) is 4.07. The van der Waals surface area contributed by atoms with Crippen molar-refractivity contribution in [2.24, 2.45) is 0 Å². The standard InChI is InChI=1S/C21H20F2N4O3/c1-29-15-5-2-4-13(10-15)12-24-21(28)27-9-3-6-18(27)20-25-19(26-30-20)16-8-7-14(22)11-17(16)23/h2,4-5,7-8,10-11,18H,3,6,9,12H2,1H3,(H,24,28)/t18-/m1/s1. The molecule has 0 unspecified atom stereocenters. The average molecular weight is 414 g/mol. The van der Waals surface area contributed by atoms with Gasteiger partial charge in [0.2, 0.25) is 11.7 Å². The van der Waals surface area contributed by atoms with Crippen molar-refractivity contribution in [2.45, 2.75) is 25.4 Å². The number of nitrogens with zero attached hydrogens (tertiary/aromatic N) is 3. The van der Waals surface area contributed by atoms with E-state index in [-0.39, 0.29) is 23.3 Å². The lowest BCUT2D eigenvalue weighted by molar-refractivity contribution is 0.180. The summed E-state index contributed by atoms with van der Waals surface area (Å²) in [5.41, 5.74) is 0.948. The van der Waals surface area contributed by atoms with E-state index in [1.54, 1.807) is 12.0 Å². The molecule has 1 aromatic heterocycles. The summed E-state index contributed by atoms with van der Waals surface area (Å²) in [5.74, 6) is -0.502. The summed E-state index contributed by atoms with van der Waals surface area (Å²) in [7, 11) is 1.59. The number of hydrogen-bond donors (Lipinski definition) is 1. The van der Waals surface area contributed by atoms with Crippen molar-refractivity contribution in [2.75, 3.05) is 13.7 Å². The van der Waals surface area contributed by atoms with Crippen molar-refractivity contribution in [3.05, 3.63) is 65.6 Å². The van der Waals surface area contributed by atoms with Gasteiger partial charge in [0.15, 0.2) is 0 Å². The number of amides is 2. The minimum Gasteiger partial charge on any atom is -0.497 e. The number of ether oxygens (including phenoxy) is 1. The van der Waals surface area contributed by atoms with E-state index in [2.05, 4.69) is 15.5 Å². The fourth-order valence-corrected chi connectivity index (χ4v) is 3.48. The Morgan fingerprint density at radius 3 is 2.97 bits per heavy atom. The summed E-state index contributed by atoms with van der Waals surface area (Å²) in [6.45, 7) is 0.881. The first kappa shape index (κ1) is 19.8. The molecule has 2 heterocycles. The molecule has 156 valence electrons. The lowest BCUT2D eigenvalue weighted by Crippen LogP contribution is -2.39. The summed E-state index contributed by atoms with van der Waals surface area (Å²) in [6.07, 6.45) is 1.43. The third kappa shape index (κ3) is 4.10. The van der Waals surface area contributed by atoms with Gasteiger partial charge in [-0.2, -0.15) is 4.98 Å². The largest absolute Gasteiger partial charge is 0.497 e. The van der Waals surface area contributed by atoms with Gasteiger partial charge in [-0.3, -0.25) is 0 Å². The molecule has 1 aliphatic heterocycles. The molecule has 9 heteroatoms. The number of rotatable bonds is 5. The van der Waals surface area contributed by atoms with Crippen LogP contribution in [0.3, 0.4) is 0 Å². The molecule has 0 saturated carbocycles. The van der Waals surface area contributed by atoms with Crippen LogP contribution in [-0.4, -0.2) is 34.7 Å². The number of benzene rings is 2. The van der Waals surface area contributed by atoms with Crippen molar-refractivity contribution in [1.82, 2.24) is 20.4 Å². The first-order valence-electron chi connectivity index (χ1n) is 9.51. The number of hydrogen-bond acceptors (Lipinski definition) is 5. The number of methoxy groups -OCH3 is 1. The van der Waals surface area contributed by atoms with Gasteiger partial charge in [-0.25, -0.2) is 13.6 Å². The minimum atomic E-state index is -0.776. The molecule has 0 radical (unpaired) electrons. The van der Waals surface area contributed by atoms with E-state index in [1.807, 2.05) is 24.3 Å². The molecule has 1 aliphatic rings. The normalized spacial score (nSPS) is 16.0. The van der Waals surface area contributed by atoms with Crippen molar-refractivity contribution in [1.29, 1.82) is 0 Å². The number of urea groups is 1. The lowest BCUT2D eigenvalue weighted by atomic mass is 10.2. The van der Waals surface area contributed by atoms with Gasteiger partial charge in [0, 0.05) is 19.2 Å². The molecule has 0 spiro atoms. The summed E-state index contributed by atoms with van der Waals surface area (Å²) in [5, 5.41) is 6.69. The number of likely N-dealkylation sites (tertiary alicyclic amines) is 1. The summed E-state index contributed by atoms with van der Waals surface area (Å²) >= 11 is 0. The van der Waals surface area contributed by atoms with Crippen LogP contribution in [0.5, 0.6) is 5.75 Å². The zero-order valence-corrected chi connectivity index (χ0v) is 16.3. The molecule has 4 rings (SSSR count). The highest BCUT2D eigenvalue weighted by Gasteiger charge is 2.34. The molecule has 3 aromatic rings. The molecule has 7 nitrogen and oxygen atoms in total. The van der Waals surface area contributed by atoms with E-state index >= 15 is 0 Å². The molecule has 1 atom stereocenters. The molecular formula is C21H20F2N4O3. The minimum absolute atomic E-state index is 0.0196. The fourth-order valence-electron chi connectivity index (χ4n) is 3.48. The first-order valence-corrected chi connectivity index (χ1v) is 9.51. The topological polar surface area (TPSA) is 80.5 Å². The SMILES string of the molecule is COc1cccc(CNC(=O)N2CCC[C@@H]2c2nc(-c3ccc(F)cc3F)no2)c1. The van der Waals surface area contributed by atoms with Crippen LogP contribution >= 0.6 is 0 Å². The second-order valence-corrected chi connectivity index (χ2v) is 6.94. The molecule has 0 bridgehead atoms. The van der Waals surface area contributed by atoms with Crippen molar-refractivity contribution >= 4 is 6.03 Å². The Kier molecular flexibility index (Phi) is 5.60. The van der Waals surface area contributed by atoms with Gasteiger partial charge in [-0.1, -0.05) is 17.3 Å². The number of aromatic nitrogens is 2. The van der Waals surface area contributed by atoms with E-state index in [1.165, 1.54) is 6.07 Å². The molecule has 1 fully saturated rings. The molecular weight excluding hydrogens is 394 g/mol. The van der Waals surface area contributed by atoms with E-state index in [0.717, 1.165) is 24.1 Å². The first-order chi connectivity index (χ1) is 14.5. The van der Waals surface area contributed by atoms with E-state index in [4.69, 9.17) is 9.26 Å². The van der Waals surface area contributed by atoms with Crippen molar-refractivity contribution < 1.29 is 22.8 Å². The Balaban J connectivity index is 1.45. The molecule has 30 heavy (non-hydrogen) atoms. The highest BCUT2D eigenvalue weighted by molar-refractivity contribution is 5.75. The highest BCUT2D eigenvalue weighted by atomic mass is 19.1. The van der Waals surface area contributed by atoms with Crippen LogP contribution in [0, 0.1) is 11.6 Å². The Morgan fingerprint density at radius 1 is 1.30 bits per heavy atom. The Labute approximate surface area is 171 Å². The highest BCUT2D eigenvalue weighted by Crippen LogP contribution is 2.32. The summed E-state index contributed by atoms with van der Waals surface area (Å²) in [6, 6.07) is 9.92. The van der Waals surface area contributed by atoms with E-state index < -0.39 is 17.7 Å². The third-order valence-electron chi connectivity index (χ3n) is 4.99. The molecule has 0 aliphatic carbocycles. The van der Waals surface area contributed by atoms with Crippen LogP contribution in [0.25, 0.3) is 11.4 Å². The van der Waals surface area contributed by atoms with E-state index in [0.29, 0.717) is 25.3 Å². The van der Waals surface area contributed by atoms with Crippen LogP contribution in [-0.2, 0) is 6.54 Å². The number of carbonyl (C=O) groups is 1. The van der Waals surface area contributed by atoms with Gasteiger partial charge < -0.3 is 19.5 Å². The second kappa shape index (κ2) is 8.48. The Hall–Kier alpha value is -3.49. The summed E-state index contributed by atoms with van der Waals surface area (Å²) < 4.78 is 37.6. The molecule has 2 amide bonds. The van der Waals surface area contributed by atoms with Crippen LogP contribution in [0.2, 0.25) is 0 Å². The number of nitrogens with one attached hydrogen (secondary N) is 1. The van der Waals surface area contributed by atoms with Gasteiger partial charge in [0.05, 0.1) is 12.7 Å². The smallest absolute Gasteiger partial charge is 0.318 e. The Morgan fingerprint density at radius 2 is 2.17 bits per heavy atom. The number of carbonyl (C=O) groups excluding carboxylic acids is 1. The van der Waals surface area contributed by atoms with Crippen LogP contribution < -0.4 is 10.1 Å².